The summed E-state index contributed by atoms with van der Waals surface area (Å²) >= 11 is 1.51. The fourth-order valence-electron chi connectivity index (χ4n) is 2.93. The maximum atomic E-state index is 11.7. The number of thiazole rings is 1. The Kier molecular flexibility index (Phi) is 3.37. The standard InChI is InChI=1S/C18H15N3O2S/c1-10-5-4-6-11(9-10)14-15(16(22)17(19)23)21-12-7-2-3-8-13(12)24-18(21)20-14/h2-9,16,22H,1H3,(H2,19,23). The van der Waals surface area contributed by atoms with Crippen molar-refractivity contribution in [3.8, 4) is 11.3 Å². The molecule has 1 amide bonds. The fourth-order valence-corrected chi connectivity index (χ4v) is 3.96. The van der Waals surface area contributed by atoms with Crippen molar-refractivity contribution < 1.29 is 9.90 Å². The summed E-state index contributed by atoms with van der Waals surface area (Å²) in [6, 6.07) is 15.6. The van der Waals surface area contributed by atoms with E-state index >= 15 is 0 Å². The van der Waals surface area contributed by atoms with Gasteiger partial charge < -0.3 is 10.8 Å². The van der Waals surface area contributed by atoms with Crippen LogP contribution in [0.1, 0.15) is 17.4 Å². The van der Waals surface area contributed by atoms with E-state index in [4.69, 9.17) is 5.73 Å². The monoisotopic (exact) mass is 337 g/mol. The summed E-state index contributed by atoms with van der Waals surface area (Å²) in [5.74, 6) is -0.791. The number of aryl methyl sites for hydroxylation is 1. The lowest BCUT2D eigenvalue weighted by Crippen LogP contribution is -2.22. The van der Waals surface area contributed by atoms with E-state index < -0.39 is 12.0 Å². The van der Waals surface area contributed by atoms with Crippen LogP contribution in [0.25, 0.3) is 26.4 Å². The molecule has 4 rings (SSSR count). The molecule has 4 aromatic rings. The molecule has 3 N–H and O–H groups in total. The lowest BCUT2D eigenvalue weighted by Gasteiger charge is -2.10. The Morgan fingerprint density at radius 3 is 2.79 bits per heavy atom. The summed E-state index contributed by atoms with van der Waals surface area (Å²) in [6.45, 7) is 1.99. The highest BCUT2D eigenvalue weighted by Gasteiger charge is 2.27. The van der Waals surface area contributed by atoms with E-state index in [9.17, 15) is 9.90 Å². The van der Waals surface area contributed by atoms with Gasteiger partial charge in [0.2, 0.25) is 0 Å². The number of imidazole rings is 1. The number of amides is 1. The minimum Gasteiger partial charge on any atom is -0.377 e. The number of aromatic nitrogens is 2. The maximum Gasteiger partial charge on any atom is 0.252 e. The third-order valence-corrected chi connectivity index (χ3v) is 5.03. The van der Waals surface area contributed by atoms with Crippen molar-refractivity contribution in [3.05, 3.63) is 59.8 Å². The topological polar surface area (TPSA) is 80.6 Å². The van der Waals surface area contributed by atoms with Gasteiger partial charge in [-0.2, -0.15) is 0 Å². The smallest absolute Gasteiger partial charge is 0.252 e. The van der Waals surface area contributed by atoms with Gasteiger partial charge in [-0.3, -0.25) is 9.20 Å². The average molecular weight is 337 g/mol. The maximum absolute atomic E-state index is 11.7. The van der Waals surface area contributed by atoms with Crippen LogP contribution in [-0.4, -0.2) is 20.4 Å². The molecule has 5 nitrogen and oxygen atoms in total. The van der Waals surface area contributed by atoms with Crippen LogP contribution >= 0.6 is 11.3 Å². The number of carbonyl (C=O) groups excluding carboxylic acids is 1. The molecular weight excluding hydrogens is 322 g/mol. The molecule has 0 aliphatic rings. The second kappa shape index (κ2) is 5.43. The lowest BCUT2D eigenvalue weighted by atomic mass is 10.0. The number of benzene rings is 2. The van der Waals surface area contributed by atoms with Gasteiger partial charge in [0.25, 0.3) is 5.91 Å². The summed E-state index contributed by atoms with van der Waals surface area (Å²) in [7, 11) is 0. The molecule has 0 radical (unpaired) electrons. The molecular formula is C18H15N3O2S. The minimum atomic E-state index is -1.42. The summed E-state index contributed by atoms with van der Waals surface area (Å²) in [5, 5.41) is 10.4. The summed E-state index contributed by atoms with van der Waals surface area (Å²) in [4.78, 5) is 17.1. The van der Waals surface area contributed by atoms with Crippen molar-refractivity contribution >= 4 is 32.4 Å². The van der Waals surface area contributed by atoms with Crippen LogP contribution in [0.3, 0.4) is 0 Å². The van der Waals surface area contributed by atoms with E-state index in [0.29, 0.717) is 11.4 Å². The lowest BCUT2D eigenvalue weighted by molar-refractivity contribution is -0.126. The van der Waals surface area contributed by atoms with Crippen LogP contribution in [0.15, 0.2) is 48.5 Å². The van der Waals surface area contributed by atoms with Crippen LogP contribution in [0, 0.1) is 6.92 Å². The van der Waals surface area contributed by atoms with E-state index in [2.05, 4.69) is 4.98 Å². The van der Waals surface area contributed by atoms with Gasteiger partial charge in [0, 0.05) is 5.56 Å². The number of primary amides is 1. The predicted molar refractivity (Wildman–Crippen MR) is 94.9 cm³/mol. The molecule has 0 bridgehead atoms. The first-order chi connectivity index (χ1) is 11.6. The number of aliphatic hydroxyl groups excluding tert-OH is 1. The molecule has 2 aromatic heterocycles. The number of nitrogens with two attached hydrogens (primary N) is 1. The third kappa shape index (κ3) is 2.19. The molecule has 0 saturated heterocycles. The van der Waals surface area contributed by atoms with Crippen molar-refractivity contribution in [3.63, 3.8) is 0 Å². The van der Waals surface area contributed by atoms with Crippen molar-refractivity contribution in [2.45, 2.75) is 13.0 Å². The van der Waals surface area contributed by atoms with E-state index in [0.717, 1.165) is 26.3 Å². The van der Waals surface area contributed by atoms with Crippen molar-refractivity contribution in [2.75, 3.05) is 0 Å². The Bertz CT molecular complexity index is 1080. The van der Waals surface area contributed by atoms with E-state index in [-0.39, 0.29) is 0 Å². The molecule has 0 aliphatic heterocycles. The molecule has 0 fully saturated rings. The quantitative estimate of drug-likeness (QED) is 0.603. The normalized spacial score (nSPS) is 12.8. The first kappa shape index (κ1) is 14.9. The number of rotatable bonds is 3. The van der Waals surface area contributed by atoms with Gasteiger partial charge in [0.15, 0.2) is 11.1 Å². The van der Waals surface area contributed by atoms with Crippen LogP contribution in [0.5, 0.6) is 0 Å². The van der Waals surface area contributed by atoms with Gasteiger partial charge in [0.05, 0.1) is 21.6 Å². The van der Waals surface area contributed by atoms with E-state index in [1.807, 2.05) is 59.9 Å². The molecule has 1 atom stereocenters. The molecule has 120 valence electrons. The zero-order valence-electron chi connectivity index (χ0n) is 12.9. The van der Waals surface area contributed by atoms with E-state index in [1.54, 1.807) is 0 Å². The number of carbonyl (C=O) groups is 1. The molecule has 2 heterocycles. The van der Waals surface area contributed by atoms with Crippen LogP contribution in [-0.2, 0) is 4.79 Å². The molecule has 0 aliphatic carbocycles. The van der Waals surface area contributed by atoms with Crippen LogP contribution in [0.2, 0.25) is 0 Å². The van der Waals surface area contributed by atoms with Gasteiger partial charge in [-0.25, -0.2) is 4.98 Å². The Labute approximate surface area is 142 Å². The first-order valence-corrected chi connectivity index (χ1v) is 8.32. The number of fused-ring (bicyclic) bond motifs is 3. The highest BCUT2D eigenvalue weighted by molar-refractivity contribution is 7.23. The van der Waals surface area contributed by atoms with Crippen molar-refractivity contribution in [1.82, 2.24) is 9.38 Å². The second-order valence-corrected chi connectivity index (χ2v) is 6.72. The Balaban J connectivity index is 2.10. The van der Waals surface area contributed by atoms with Gasteiger partial charge in [-0.1, -0.05) is 47.2 Å². The number of nitrogens with zero attached hydrogens (tertiary/aromatic N) is 2. The molecule has 1 unspecified atom stereocenters. The summed E-state index contributed by atoms with van der Waals surface area (Å²) < 4.78 is 2.86. The molecule has 0 spiro atoms. The first-order valence-electron chi connectivity index (χ1n) is 7.50. The Morgan fingerprint density at radius 2 is 2.04 bits per heavy atom. The van der Waals surface area contributed by atoms with Gasteiger partial charge in [0.1, 0.15) is 0 Å². The third-order valence-electron chi connectivity index (χ3n) is 4.01. The molecule has 24 heavy (non-hydrogen) atoms. The number of aliphatic hydroxyl groups is 1. The van der Waals surface area contributed by atoms with Crippen LogP contribution in [0.4, 0.5) is 0 Å². The highest BCUT2D eigenvalue weighted by atomic mass is 32.1. The number of para-hydroxylation sites is 1. The van der Waals surface area contributed by atoms with Crippen molar-refractivity contribution in [1.29, 1.82) is 0 Å². The van der Waals surface area contributed by atoms with Gasteiger partial charge >= 0.3 is 0 Å². The van der Waals surface area contributed by atoms with Crippen LogP contribution < -0.4 is 5.73 Å². The molecule has 6 heteroatoms. The SMILES string of the molecule is Cc1cccc(-c2nc3sc4ccccc4n3c2C(O)C(N)=O)c1. The second-order valence-electron chi connectivity index (χ2n) is 5.71. The number of hydrogen-bond donors (Lipinski definition) is 2. The average Bonchev–Trinajstić information content (AvgIpc) is 3.09. The zero-order valence-corrected chi connectivity index (χ0v) is 13.7. The minimum absolute atomic E-state index is 0.417. The van der Waals surface area contributed by atoms with Gasteiger partial charge in [-0.05, 0) is 25.1 Å². The van der Waals surface area contributed by atoms with Crippen molar-refractivity contribution in [2.24, 2.45) is 5.73 Å². The molecule has 2 aromatic carbocycles. The summed E-state index contributed by atoms with van der Waals surface area (Å²) in [5.41, 5.74) is 9.21. The predicted octanol–water partition coefficient (Wildman–Crippen LogP) is 3.04. The highest BCUT2D eigenvalue weighted by Crippen LogP contribution is 2.35. The zero-order chi connectivity index (χ0) is 16.8. The Morgan fingerprint density at radius 1 is 1.25 bits per heavy atom. The summed E-state index contributed by atoms with van der Waals surface area (Å²) in [6.07, 6.45) is -1.42. The Hall–Kier alpha value is -2.70. The van der Waals surface area contributed by atoms with Gasteiger partial charge in [-0.15, -0.1) is 0 Å². The fraction of sp³-hybridized carbons (Fsp3) is 0.111. The molecule has 0 saturated carbocycles. The van der Waals surface area contributed by atoms with E-state index in [1.165, 1.54) is 11.3 Å². The number of hydrogen-bond acceptors (Lipinski definition) is 4. The largest absolute Gasteiger partial charge is 0.377 e.